The van der Waals surface area contributed by atoms with Crippen LogP contribution in [0, 0.1) is 29.6 Å². The highest BCUT2D eigenvalue weighted by atomic mass is 16.3. The summed E-state index contributed by atoms with van der Waals surface area (Å²) in [5, 5.41) is 108. The van der Waals surface area contributed by atoms with E-state index in [1.807, 2.05) is 48.8 Å². The summed E-state index contributed by atoms with van der Waals surface area (Å²) in [7, 11) is 12.2. The number of rotatable bonds is 112. The van der Waals surface area contributed by atoms with Crippen molar-refractivity contribution in [1.82, 2.24) is 51.1 Å². The number of aliphatic hydroxyl groups is 9. The smallest absolute Gasteiger partial charge is 0.0692 e. The topological polar surface area (TPSA) is 258 Å². The van der Waals surface area contributed by atoms with Crippen molar-refractivity contribution in [2.75, 3.05) is 167 Å². The monoisotopic (exact) mass is 2100 g/mol. The van der Waals surface area contributed by atoms with Crippen molar-refractivity contribution < 1.29 is 46.0 Å². The summed E-state index contributed by atoms with van der Waals surface area (Å²) in [6.07, 6.45) is 94.4. The van der Waals surface area contributed by atoms with Crippen LogP contribution in [0.25, 0.3) is 0 Å². The highest BCUT2D eigenvalue weighted by molar-refractivity contribution is 4.78. The Morgan fingerprint density at radius 2 is 0.354 bits per heavy atom. The van der Waals surface area contributed by atoms with E-state index in [9.17, 15) is 40.9 Å². The molecule has 0 heterocycles. The van der Waals surface area contributed by atoms with Crippen LogP contribution >= 0.6 is 0 Å². The Balaban J connectivity index is -0.000000446. The Kier molecular flexibility index (Phi) is 136. The predicted molar refractivity (Wildman–Crippen MR) is 652 cm³/mol. The highest BCUT2D eigenvalue weighted by Crippen LogP contribution is 2.25. The van der Waals surface area contributed by atoms with Gasteiger partial charge in [-0.25, -0.2) is 0 Å². The van der Waals surface area contributed by atoms with Gasteiger partial charge < -0.3 is 87.2 Å². The van der Waals surface area contributed by atoms with E-state index in [1.165, 1.54) is 392 Å². The summed E-state index contributed by atoms with van der Waals surface area (Å²) in [5.74, 6) is 1.76. The second-order valence-corrected chi connectivity index (χ2v) is 46.7. The quantitative estimate of drug-likeness (QED) is 0.0253. The maximum atomic E-state index is 11.1. The predicted octanol–water partition coefficient (Wildman–Crippen LogP) is 29.3. The molecule has 14 N–H and O–H groups in total. The van der Waals surface area contributed by atoms with Crippen LogP contribution in [0.3, 0.4) is 0 Å². The first-order valence-corrected chi connectivity index (χ1v) is 64.7. The molecule has 14 unspecified atom stereocenters. The van der Waals surface area contributed by atoms with Gasteiger partial charge in [0.25, 0.3) is 0 Å². The Labute approximate surface area is 922 Å². The van der Waals surface area contributed by atoms with Gasteiger partial charge in [-0.3, -0.25) is 9.80 Å². The largest absolute Gasteiger partial charge is 0.392 e. The van der Waals surface area contributed by atoms with Crippen LogP contribution in [-0.4, -0.2) is 292 Å². The van der Waals surface area contributed by atoms with Gasteiger partial charge in [-0.2, -0.15) is 0 Å². The maximum Gasteiger partial charge on any atom is 0.0692 e. The van der Waals surface area contributed by atoms with Crippen molar-refractivity contribution in [2.24, 2.45) is 29.6 Å². The van der Waals surface area contributed by atoms with Crippen molar-refractivity contribution in [1.29, 1.82) is 0 Å². The molecule has 14 atom stereocenters. The lowest BCUT2D eigenvalue weighted by Gasteiger charge is -2.30. The van der Waals surface area contributed by atoms with E-state index in [0.29, 0.717) is 56.4 Å². The molecule has 0 aliphatic heterocycles. The Morgan fingerprint density at radius 1 is 0.184 bits per heavy atom. The van der Waals surface area contributed by atoms with E-state index in [1.54, 1.807) is 0 Å². The van der Waals surface area contributed by atoms with E-state index < -0.39 is 0 Å². The molecule has 0 rings (SSSR count). The third-order valence-corrected chi connectivity index (χ3v) is 31.4. The molecule has 147 heavy (non-hydrogen) atoms. The van der Waals surface area contributed by atoms with Gasteiger partial charge in [-0.05, 0) is 227 Å². The van der Waals surface area contributed by atoms with E-state index >= 15 is 0 Å². The number of aliphatic hydroxyl groups excluding tert-OH is 9. The molecule has 0 saturated carbocycles. The molecule has 0 aromatic heterocycles. The molecular formula is C128H278N10O9. The third-order valence-electron chi connectivity index (χ3n) is 31.4. The first-order chi connectivity index (χ1) is 70.7. The first-order valence-electron chi connectivity index (χ1n) is 64.7. The highest BCUT2D eigenvalue weighted by Gasteiger charge is 2.25. The average molecular weight is 2100 g/mol. The summed E-state index contributed by atoms with van der Waals surface area (Å²) in [5.41, 5.74) is 0. The van der Waals surface area contributed by atoms with Gasteiger partial charge in [0.2, 0.25) is 0 Å². The van der Waals surface area contributed by atoms with Gasteiger partial charge in [0.1, 0.15) is 0 Å². The zero-order valence-electron chi connectivity index (χ0n) is 103. The second-order valence-electron chi connectivity index (χ2n) is 46.7. The molecule has 0 aliphatic carbocycles. The minimum absolute atomic E-state index is 0. The van der Waals surface area contributed by atoms with Gasteiger partial charge in [-0.1, -0.05) is 490 Å². The number of hydrogen-bond donors (Lipinski definition) is 14. The van der Waals surface area contributed by atoms with Crippen molar-refractivity contribution in [2.45, 2.75) is 634 Å². The van der Waals surface area contributed by atoms with Crippen LogP contribution in [0.15, 0.2) is 0 Å². The van der Waals surface area contributed by atoms with Crippen LogP contribution in [0.2, 0.25) is 0 Å². The summed E-state index contributed by atoms with van der Waals surface area (Å²) < 4.78 is 0. The summed E-state index contributed by atoms with van der Waals surface area (Å²) in [4.78, 5) is 11.3. The third kappa shape index (κ3) is 122. The Hall–Kier alpha value is -0.760. The Bertz CT molecular complexity index is 2360. The van der Waals surface area contributed by atoms with Crippen molar-refractivity contribution in [3.63, 3.8) is 0 Å². The maximum absolute atomic E-state index is 11.1. The number of hydrogen-bond acceptors (Lipinski definition) is 19. The van der Waals surface area contributed by atoms with Crippen LogP contribution in [-0.2, 0) is 0 Å². The zero-order valence-corrected chi connectivity index (χ0v) is 103. The Morgan fingerprint density at radius 3 is 0.565 bits per heavy atom. The molecule has 0 radical (unpaired) electrons. The fourth-order valence-electron chi connectivity index (χ4n) is 19.8. The molecule has 894 valence electrons. The molecule has 0 fully saturated rings. The molecule has 0 aromatic rings. The molecule has 19 heteroatoms. The van der Waals surface area contributed by atoms with E-state index in [4.69, 9.17) is 5.11 Å². The fraction of sp³-hybridized carbons (Fsp3) is 1.00. The second kappa shape index (κ2) is 127. The zero-order chi connectivity index (χ0) is 109. The van der Waals surface area contributed by atoms with Gasteiger partial charge in [0.15, 0.2) is 0 Å². The normalized spacial score (nSPS) is 14.7. The molecule has 0 saturated heterocycles. The SMILES string of the molecule is C.CCC(O)CNCCCNC.CCCCCCCCCCCCCCC(C)C(O)CN(C)CCCN(CC(O)CC)CC(O)C(C)CCCCCCCCCCCCCC.CCCCCCCCCCCCCCC(C)C(O)CN(C)CCCNC.CCCCCCCCCCCCCCC(C)C(O)CN(C)CCCNCC(O)CC.CCCCCCCCCCCCCCC(C)C(O)CN(CCCNC)CC(O)CC. The molecule has 0 amide bonds. The molecule has 0 aliphatic rings. The first kappa shape index (κ1) is 157. The van der Waals surface area contributed by atoms with Gasteiger partial charge >= 0.3 is 0 Å². The number of nitrogens with one attached hydrogen (secondary N) is 5. The standard InChI is InChI=1S/C44H92N2O3.2C26H56N2O2.C23H50N2O.C8H20N2O.CH4/c1-7-10-12-14-16-18-20-22-24-26-28-30-33-40(4)43(48)38-45(6)35-32-36-46(37-42(47)9-3)39-44(49)41(5)34-31-29-27-25-23-21-19-17-15-13-11-8-2;1-5-7-8-9-10-11-12-13-14-15-16-17-19-24(3)26(30)23-28(4)21-18-20-27-22-25(29)6-2;1-5-7-8-9-10-11-12-13-14-15-16-17-19-24(3)26(30)23-28(21-18-20-27-4)22-25(29)6-2;1-5-6-7-8-9-10-11-12-13-14-15-16-18-22(2)23(26)21-25(4)20-17-19-24-3;1-3-8(11)7-10-6-4-5-9-2;/h40-44,47-49H,7-39H2,1-6H3;2*24-27,29-30H,5-23H2,1-4H3;22-24,26H,5-21H2,1-4H3;8-11H,3-7H2,1-2H3;1H4. The average Bonchev–Trinajstić information content (AvgIpc) is 0.928. The fourth-order valence-corrected chi connectivity index (χ4v) is 19.8. The number of unbranched alkanes of at least 4 members (excludes halogenated alkanes) is 55. The van der Waals surface area contributed by atoms with Crippen molar-refractivity contribution in [3.8, 4) is 0 Å². The lowest BCUT2D eigenvalue weighted by molar-refractivity contribution is 0.0382. The van der Waals surface area contributed by atoms with Crippen LogP contribution in [0.1, 0.15) is 579 Å². The van der Waals surface area contributed by atoms with Crippen LogP contribution in [0.5, 0.6) is 0 Å². The van der Waals surface area contributed by atoms with Gasteiger partial charge in [0, 0.05) is 58.9 Å². The molecule has 0 spiro atoms. The lowest BCUT2D eigenvalue weighted by atomic mass is 9.96. The molecule has 0 aromatic carbocycles. The minimum Gasteiger partial charge on any atom is -0.392 e. The van der Waals surface area contributed by atoms with Crippen molar-refractivity contribution in [3.05, 3.63) is 0 Å². The number of nitrogens with zero attached hydrogens (tertiary/aromatic N) is 5. The van der Waals surface area contributed by atoms with Gasteiger partial charge in [-0.15, -0.1) is 0 Å². The van der Waals surface area contributed by atoms with E-state index in [2.05, 4.69) is 141 Å². The molecular weight excluding hydrogens is 1820 g/mol. The van der Waals surface area contributed by atoms with Crippen LogP contribution < -0.4 is 26.6 Å². The number of likely N-dealkylation sites (N-methyl/N-ethyl adjacent to an activating group) is 3. The molecule has 0 bridgehead atoms. The summed E-state index contributed by atoms with van der Waals surface area (Å²) in [6.45, 7) is 46.5. The van der Waals surface area contributed by atoms with Gasteiger partial charge in [0.05, 0.1) is 54.9 Å². The van der Waals surface area contributed by atoms with Crippen molar-refractivity contribution >= 4 is 0 Å². The summed E-state index contributed by atoms with van der Waals surface area (Å²) >= 11 is 0. The minimum atomic E-state index is -0.350. The summed E-state index contributed by atoms with van der Waals surface area (Å²) in [6, 6.07) is 0. The van der Waals surface area contributed by atoms with E-state index in [0.717, 1.165) is 175 Å². The lowest BCUT2D eigenvalue weighted by Crippen LogP contribution is -2.41. The van der Waals surface area contributed by atoms with Crippen LogP contribution in [0.4, 0.5) is 0 Å². The van der Waals surface area contributed by atoms with E-state index in [-0.39, 0.29) is 68.3 Å². The molecule has 19 nitrogen and oxygen atoms in total.